The molecule has 1 saturated heterocycles. The lowest BCUT2D eigenvalue weighted by Crippen LogP contribution is -2.84. The molecule has 3 aromatic carbocycles. The highest BCUT2D eigenvalue weighted by atomic mass is 28.4. The van der Waals surface area contributed by atoms with Crippen LogP contribution in [0.5, 0.6) is 0 Å². The van der Waals surface area contributed by atoms with Crippen LogP contribution in [0, 0.1) is 16.7 Å². The van der Waals surface area contributed by atoms with Crippen LogP contribution in [0.3, 0.4) is 0 Å². The normalized spacial score (nSPS) is 30.9. The topological polar surface area (TPSA) is 210 Å². The van der Waals surface area contributed by atoms with E-state index in [0.29, 0.717) is 29.3 Å². The van der Waals surface area contributed by atoms with Gasteiger partial charge in [-0.15, -0.1) is 0 Å². The van der Waals surface area contributed by atoms with Gasteiger partial charge in [0, 0.05) is 31.2 Å². The highest BCUT2D eigenvalue weighted by Crippen LogP contribution is 2.65. The first kappa shape index (κ1) is 52.2. The minimum Gasteiger partial charge on any atom is -0.456 e. The van der Waals surface area contributed by atoms with Crippen molar-refractivity contribution in [3.05, 3.63) is 119 Å². The van der Waals surface area contributed by atoms with Crippen molar-refractivity contribution in [3.8, 4) is 0 Å². The second kappa shape index (κ2) is 19.9. The third-order valence-electron chi connectivity index (χ3n) is 15.8. The van der Waals surface area contributed by atoms with Gasteiger partial charge in [0.05, 0.1) is 29.5 Å². The molecule has 2 bridgehead atoms. The number of carbonyl (C=O) groups is 6. The van der Waals surface area contributed by atoms with Crippen LogP contribution >= 0.6 is 0 Å². The lowest BCUT2D eigenvalue weighted by molar-refractivity contribution is -0.361. The molecule has 7 rings (SSSR count). The van der Waals surface area contributed by atoms with Crippen molar-refractivity contribution in [2.75, 3.05) is 6.61 Å². The van der Waals surface area contributed by atoms with Crippen LogP contribution in [-0.2, 0) is 47.3 Å². The molecule has 1 heterocycles. The molecular formula is C53H64FNO14Si. The fraction of sp³-hybridized carbons (Fsp3) is 0.509. The zero-order valence-corrected chi connectivity index (χ0v) is 42.1. The van der Waals surface area contributed by atoms with Gasteiger partial charge in [-0.25, -0.2) is 14.0 Å². The Labute approximate surface area is 408 Å². The Balaban J connectivity index is 1.45. The fourth-order valence-corrected chi connectivity index (χ4v) is 14.4. The average molecular weight is 986 g/mol. The number of alkyl halides is 1. The molecule has 3 aromatic rings. The highest BCUT2D eigenvalue weighted by Gasteiger charge is 2.80. The Morgan fingerprint density at radius 2 is 1.39 bits per heavy atom. The number of amides is 1. The first-order chi connectivity index (χ1) is 33.1. The Bertz CT molecular complexity index is 2500. The van der Waals surface area contributed by atoms with Crippen LogP contribution < -0.4 is 5.32 Å². The van der Waals surface area contributed by atoms with E-state index in [9.17, 15) is 29.4 Å². The number of ether oxygens (including phenoxy) is 5. The number of Topliss-reactive ketones (excluding diaryl/α,β-unsaturated/α-hetero) is 1. The summed E-state index contributed by atoms with van der Waals surface area (Å²) in [6.45, 7) is 13.4. The van der Waals surface area contributed by atoms with Gasteiger partial charge in [0.25, 0.3) is 5.91 Å². The molecule has 0 aromatic heterocycles. The predicted octanol–water partition coefficient (Wildman–Crippen LogP) is 6.71. The monoisotopic (exact) mass is 985 g/mol. The van der Waals surface area contributed by atoms with E-state index < -0.39 is 134 Å². The van der Waals surface area contributed by atoms with Gasteiger partial charge in [-0.1, -0.05) is 101 Å². The third kappa shape index (κ3) is 8.81. The first-order valence-electron chi connectivity index (χ1n) is 23.9. The number of hydrogen-bond acceptors (Lipinski definition) is 14. The number of fused-ring (bicyclic) bond motifs is 5. The van der Waals surface area contributed by atoms with Gasteiger partial charge < -0.3 is 43.6 Å². The summed E-state index contributed by atoms with van der Waals surface area (Å²) in [6, 6.07) is 25.7. The molecule has 3 aliphatic carbocycles. The summed E-state index contributed by atoms with van der Waals surface area (Å²) in [4.78, 5) is 86.1. The van der Waals surface area contributed by atoms with Crippen LogP contribution in [0.1, 0.15) is 101 Å². The smallest absolute Gasteiger partial charge is 0.338 e. The second-order valence-electron chi connectivity index (χ2n) is 19.8. The van der Waals surface area contributed by atoms with E-state index >= 15 is 14.0 Å². The van der Waals surface area contributed by atoms with Crippen molar-refractivity contribution >= 4 is 43.9 Å². The molecule has 0 radical (unpaired) electrons. The van der Waals surface area contributed by atoms with Crippen molar-refractivity contribution in [2.45, 2.75) is 147 Å². The Hall–Kier alpha value is -5.59. The number of hydrogen-bond donors (Lipinski definition) is 3. The van der Waals surface area contributed by atoms with Gasteiger partial charge in [0.15, 0.2) is 38.1 Å². The number of rotatable bonds is 15. The van der Waals surface area contributed by atoms with Crippen molar-refractivity contribution in [2.24, 2.45) is 16.7 Å². The van der Waals surface area contributed by atoms with Crippen LogP contribution in [0.2, 0.25) is 18.1 Å². The molecule has 15 nitrogen and oxygen atoms in total. The van der Waals surface area contributed by atoms with E-state index in [1.54, 1.807) is 99.6 Å². The number of aliphatic hydroxyl groups excluding tert-OH is 1. The molecule has 17 heteroatoms. The summed E-state index contributed by atoms with van der Waals surface area (Å²) in [5.41, 5.74) is -7.90. The van der Waals surface area contributed by atoms with Crippen molar-refractivity contribution in [1.82, 2.24) is 5.32 Å². The van der Waals surface area contributed by atoms with Gasteiger partial charge in [-0.3, -0.25) is 19.2 Å². The van der Waals surface area contributed by atoms with E-state index in [1.807, 2.05) is 20.8 Å². The van der Waals surface area contributed by atoms with Crippen LogP contribution in [0.4, 0.5) is 4.39 Å². The lowest BCUT2D eigenvalue weighted by atomic mass is 9.44. The Morgan fingerprint density at radius 3 is 1.90 bits per heavy atom. The van der Waals surface area contributed by atoms with E-state index in [-0.39, 0.29) is 16.7 Å². The van der Waals surface area contributed by atoms with Crippen LogP contribution in [-0.4, -0.2) is 115 Å². The Morgan fingerprint density at radius 1 is 0.829 bits per heavy atom. The van der Waals surface area contributed by atoms with E-state index in [0.717, 1.165) is 13.8 Å². The minimum atomic E-state index is -2.78. The standard InChI is InChI=1S/C53H64FNO14Si/c1-10-70(11-2,12-3)69-41(39(33-22-16-13-17-23-33)55-47(60)34-24-18-14-19-25-34)49(62)66-36-28-53(63)46(67-48(61)35-26-20-15-21-27-35)42-51(9,43(58)38(54)45-52(42,29-64-45)68-32(6)57)44(59)40(65-31(5)56)37(30(36)4)50(53,7)8/h13-27,36,38-43,45-46,58,63H,10-12,28-29H2,1-9H3,(H,55,60)/t36-,38-,39-,40+,41+,42-,43-,45+,46-,51-,52+,53+/m0/s1. The number of carbonyl (C=O) groups excluding carboxylic acids is 6. The zero-order chi connectivity index (χ0) is 51.1. The molecule has 376 valence electrons. The number of aliphatic hydroxyl groups is 2. The van der Waals surface area contributed by atoms with E-state index in [1.165, 1.54) is 19.1 Å². The van der Waals surface area contributed by atoms with E-state index in [2.05, 4.69) is 5.32 Å². The van der Waals surface area contributed by atoms with Crippen molar-refractivity contribution < 1.29 is 71.5 Å². The Kier molecular flexibility index (Phi) is 14.8. The van der Waals surface area contributed by atoms with Crippen molar-refractivity contribution in [3.63, 3.8) is 0 Å². The number of esters is 4. The summed E-state index contributed by atoms with van der Waals surface area (Å²) < 4.78 is 54.4. The lowest BCUT2D eigenvalue weighted by Gasteiger charge is -2.67. The van der Waals surface area contributed by atoms with Gasteiger partial charge in [0.1, 0.15) is 30.0 Å². The molecule has 1 aliphatic heterocycles. The molecule has 2 saturated carbocycles. The summed E-state index contributed by atoms with van der Waals surface area (Å²) in [5.74, 6) is -7.19. The molecule has 0 spiro atoms. The van der Waals surface area contributed by atoms with Crippen LogP contribution in [0.25, 0.3) is 0 Å². The number of nitrogens with one attached hydrogen (secondary N) is 1. The zero-order valence-electron chi connectivity index (χ0n) is 41.1. The molecule has 1 amide bonds. The molecule has 4 aliphatic rings. The largest absolute Gasteiger partial charge is 0.456 e. The summed E-state index contributed by atoms with van der Waals surface area (Å²) >= 11 is 0. The molecular weight excluding hydrogens is 922 g/mol. The number of halogens is 1. The molecule has 3 N–H and O–H groups in total. The van der Waals surface area contributed by atoms with Crippen LogP contribution in [0.15, 0.2) is 102 Å². The van der Waals surface area contributed by atoms with Gasteiger partial charge in [-0.2, -0.15) is 0 Å². The minimum absolute atomic E-state index is 0.0186. The van der Waals surface area contributed by atoms with Gasteiger partial charge in [0.2, 0.25) is 0 Å². The maximum absolute atomic E-state index is 16.8. The quantitative estimate of drug-likeness (QED) is 0.0626. The molecule has 70 heavy (non-hydrogen) atoms. The molecule has 3 fully saturated rings. The molecule has 12 atom stereocenters. The molecule has 0 unspecified atom stereocenters. The maximum Gasteiger partial charge on any atom is 0.338 e. The van der Waals surface area contributed by atoms with Crippen molar-refractivity contribution in [1.29, 1.82) is 0 Å². The highest BCUT2D eigenvalue weighted by molar-refractivity contribution is 6.73. The maximum atomic E-state index is 16.8. The fourth-order valence-electron chi connectivity index (χ4n) is 11.6. The summed E-state index contributed by atoms with van der Waals surface area (Å²) in [7, 11) is -2.78. The number of ketones is 1. The van der Waals surface area contributed by atoms with E-state index in [4.69, 9.17) is 28.1 Å². The summed E-state index contributed by atoms with van der Waals surface area (Å²) in [5, 5.41) is 29.1. The second-order valence-corrected chi connectivity index (χ2v) is 24.5. The summed E-state index contributed by atoms with van der Waals surface area (Å²) in [6.07, 6.45) is -13.8. The van der Waals surface area contributed by atoms with Gasteiger partial charge >= 0.3 is 23.9 Å². The predicted molar refractivity (Wildman–Crippen MR) is 254 cm³/mol. The first-order valence-corrected chi connectivity index (χ1v) is 26.4. The number of benzene rings is 3. The van der Waals surface area contributed by atoms with Gasteiger partial charge in [-0.05, 0) is 73.0 Å². The average Bonchev–Trinajstić information content (AvgIpc) is 3.33. The SMILES string of the molecule is CC[Si](CC)(CC)O[C@@H](C(=O)O[C@H]1C[C@@]2(O)[C@@H](OC(=O)c3ccccc3)[C@@H]3[C@]4(OC(C)=O)CO[C@@H]4[C@@H](F)[C@H](O)[C@@]3(C)C(=O)[C@H](OC(C)=O)C(=C1C)C2(C)C)[C@@H](NC(=O)c1ccccc1)c1ccccc1. The third-order valence-corrected chi connectivity index (χ3v) is 20.4.